The van der Waals surface area contributed by atoms with Crippen LogP contribution in [-0.2, 0) is 16.1 Å². The van der Waals surface area contributed by atoms with E-state index in [2.05, 4.69) is 5.32 Å². The molecule has 2 fully saturated rings. The van der Waals surface area contributed by atoms with E-state index >= 15 is 0 Å². The van der Waals surface area contributed by atoms with Crippen molar-refractivity contribution < 1.29 is 14.0 Å². The van der Waals surface area contributed by atoms with Crippen molar-refractivity contribution in [2.75, 3.05) is 0 Å². The number of hydrogen-bond acceptors (Lipinski definition) is 2. The first kappa shape index (κ1) is 18.9. The number of hydrogen-bond donors (Lipinski definition) is 1. The first-order chi connectivity index (χ1) is 12.5. The largest absolute Gasteiger partial charge is 0.351 e. The van der Waals surface area contributed by atoms with Gasteiger partial charge >= 0.3 is 0 Å². The van der Waals surface area contributed by atoms with E-state index in [9.17, 15) is 14.0 Å². The van der Waals surface area contributed by atoms with E-state index in [-0.39, 0.29) is 23.7 Å². The molecule has 4 nitrogen and oxygen atoms in total. The van der Waals surface area contributed by atoms with Crippen molar-refractivity contribution in [2.24, 2.45) is 0 Å². The Morgan fingerprint density at radius 1 is 1.15 bits per heavy atom. The van der Waals surface area contributed by atoms with E-state index < -0.39 is 5.54 Å². The number of likely N-dealkylation sites (tertiary alicyclic amines) is 1. The minimum atomic E-state index is -0.826. The molecular weight excluding hydrogens is 331 g/mol. The van der Waals surface area contributed by atoms with Gasteiger partial charge in [-0.05, 0) is 43.9 Å². The van der Waals surface area contributed by atoms with Gasteiger partial charge in [0.15, 0.2) is 0 Å². The summed E-state index contributed by atoms with van der Waals surface area (Å²) in [7, 11) is 0. The highest BCUT2D eigenvalue weighted by atomic mass is 19.1. The zero-order valence-corrected chi connectivity index (χ0v) is 15.6. The zero-order valence-electron chi connectivity index (χ0n) is 15.6. The van der Waals surface area contributed by atoms with Crippen molar-refractivity contribution in [1.82, 2.24) is 10.2 Å². The Balaban J connectivity index is 1.69. The van der Waals surface area contributed by atoms with Crippen LogP contribution in [0.4, 0.5) is 4.39 Å². The summed E-state index contributed by atoms with van der Waals surface area (Å²) in [6.07, 6.45) is 9.03. The van der Waals surface area contributed by atoms with E-state index in [1.807, 2.05) is 6.92 Å². The number of benzene rings is 1. The maximum absolute atomic E-state index is 13.1. The lowest BCUT2D eigenvalue weighted by Crippen LogP contribution is -2.56. The zero-order chi connectivity index (χ0) is 18.6. The highest BCUT2D eigenvalue weighted by Crippen LogP contribution is 2.32. The second-order valence-electron chi connectivity index (χ2n) is 7.90. The molecule has 0 radical (unpaired) electrons. The maximum Gasteiger partial charge on any atom is 0.245 e. The number of amides is 2. The average molecular weight is 360 g/mol. The molecule has 1 aromatic carbocycles. The molecule has 1 aliphatic carbocycles. The van der Waals surface area contributed by atoms with Gasteiger partial charge in [-0.2, -0.15) is 0 Å². The van der Waals surface area contributed by atoms with Gasteiger partial charge < -0.3 is 10.2 Å². The molecule has 1 unspecified atom stereocenters. The van der Waals surface area contributed by atoms with Crippen LogP contribution in [0.25, 0.3) is 0 Å². The van der Waals surface area contributed by atoms with Crippen molar-refractivity contribution in [3.05, 3.63) is 35.6 Å². The molecule has 0 bridgehead atoms. The topological polar surface area (TPSA) is 49.4 Å². The third-order valence-corrected chi connectivity index (χ3v) is 5.91. The Hall–Kier alpha value is -1.91. The lowest BCUT2D eigenvalue weighted by Gasteiger charge is -2.35. The third-order valence-electron chi connectivity index (χ3n) is 5.91. The fourth-order valence-electron chi connectivity index (χ4n) is 4.11. The maximum atomic E-state index is 13.1. The second-order valence-corrected chi connectivity index (χ2v) is 7.90. The minimum Gasteiger partial charge on any atom is -0.351 e. The number of carbonyl (C=O) groups is 2. The van der Waals surface area contributed by atoms with E-state index in [1.165, 1.54) is 31.4 Å². The van der Waals surface area contributed by atoms with E-state index in [0.29, 0.717) is 19.4 Å². The average Bonchev–Trinajstić information content (AvgIpc) is 2.88. The van der Waals surface area contributed by atoms with Crippen LogP contribution in [0.3, 0.4) is 0 Å². The van der Waals surface area contributed by atoms with Crippen molar-refractivity contribution in [1.29, 1.82) is 0 Å². The SMILES string of the molecule is CC1(C(=O)NC2CCCCCCC2)CCC(=O)N1Cc1ccc(F)cc1. The monoisotopic (exact) mass is 360 g/mol. The van der Waals surface area contributed by atoms with Crippen LogP contribution in [0, 0.1) is 5.82 Å². The number of nitrogens with one attached hydrogen (secondary N) is 1. The van der Waals surface area contributed by atoms with Crippen molar-refractivity contribution >= 4 is 11.8 Å². The first-order valence-electron chi connectivity index (χ1n) is 9.85. The van der Waals surface area contributed by atoms with Crippen LogP contribution >= 0.6 is 0 Å². The van der Waals surface area contributed by atoms with Crippen LogP contribution in [0.5, 0.6) is 0 Å². The van der Waals surface area contributed by atoms with E-state index in [0.717, 1.165) is 31.2 Å². The second kappa shape index (κ2) is 8.19. The summed E-state index contributed by atoms with van der Waals surface area (Å²) in [5.41, 5.74) is 0.0139. The summed E-state index contributed by atoms with van der Waals surface area (Å²) in [5.74, 6) is -0.355. The van der Waals surface area contributed by atoms with Gasteiger partial charge in [-0.1, -0.05) is 44.2 Å². The smallest absolute Gasteiger partial charge is 0.245 e. The molecule has 1 aliphatic heterocycles. The summed E-state index contributed by atoms with van der Waals surface area (Å²) >= 11 is 0. The Morgan fingerprint density at radius 2 is 1.77 bits per heavy atom. The normalized spacial score (nSPS) is 25.0. The summed E-state index contributed by atoms with van der Waals surface area (Å²) in [6.45, 7) is 2.20. The van der Waals surface area contributed by atoms with Gasteiger partial charge in [-0.25, -0.2) is 4.39 Å². The predicted octanol–water partition coefficient (Wildman–Crippen LogP) is 3.94. The molecule has 26 heavy (non-hydrogen) atoms. The highest BCUT2D eigenvalue weighted by Gasteiger charge is 2.47. The molecule has 0 spiro atoms. The molecule has 3 rings (SSSR count). The molecule has 1 saturated carbocycles. The highest BCUT2D eigenvalue weighted by molar-refractivity contribution is 5.94. The van der Waals surface area contributed by atoms with Gasteiger partial charge in [0.2, 0.25) is 11.8 Å². The summed E-state index contributed by atoms with van der Waals surface area (Å²) < 4.78 is 13.1. The molecule has 1 saturated heterocycles. The van der Waals surface area contributed by atoms with Gasteiger partial charge in [-0.15, -0.1) is 0 Å². The summed E-state index contributed by atoms with van der Waals surface area (Å²) in [5, 5.41) is 3.22. The molecule has 2 aliphatic rings. The van der Waals surface area contributed by atoms with Crippen LogP contribution in [-0.4, -0.2) is 28.3 Å². The van der Waals surface area contributed by atoms with Gasteiger partial charge in [0.25, 0.3) is 0 Å². The lowest BCUT2D eigenvalue weighted by atomic mass is 9.93. The van der Waals surface area contributed by atoms with Crippen LogP contribution in [0.2, 0.25) is 0 Å². The first-order valence-corrected chi connectivity index (χ1v) is 9.85. The molecule has 5 heteroatoms. The molecule has 1 atom stereocenters. The quantitative estimate of drug-likeness (QED) is 0.884. The van der Waals surface area contributed by atoms with Crippen molar-refractivity contribution in [2.45, 2.75) is 82.8 Å². The molecule has 1 heterocycles. The lowest BCUT2D eigenvalue weighted by molar-refractivity contribution is -0.141. The summed E-state index contributed by atoms with van der Waals surface area (Å²) in [4.78, 5) is 27.2. The van der Waals surface area contributed by atoms with Gasteiger partial charge in [-0.3, -0.25) is 9.59 Å². The van der Waals surface area contributed by atoms with Crippen LogP contribution < -0.4 is 5.32 Å². The molecule has 1 aromatic rings. The standard InChI is InChI=1S/C21H29FN2O2/c1-21(20(26)23-18-7-5-3-2-4-6-8-18)14-13-19(25)24(21)15-16-9-11-17(22)12-10-16/h9-12,18H,2-8,13-15H2,1H3,(H,23,26). The molecule has 142 valence electrons. The van der Waals surface area contributed by atoms with E-state index in [4.69, 9.17) is 0 Å². The summed E-state index contributed by atoms with van der Waals surface area (Å²) in [6, 6.07) is 6.34. The Kier molecular flexibility index (Phi) is 5.94. The number of nitrogens with zero attached hydrogens (tertiary/aromatic N) is 1. The number of rotatable bonds is 4. The molecule has 1 N–H and O–H groups in total. The van der Waals surface area contributed by atoms with Crippen molar-refractivity contribution in [3.63, 3.8) is 0 Å². The van der Waals surface area contributed by atoms with Crippen LogP contribution in [0.15, 0.2) is 24.3 Å². The molecular formula is C21H29FN2O2. The van der Waals surface area contributed by atoms with Crippen molar-refractivity contribution in [3.8, 4) is 0 Å². The Labute approximate surface area is 155 Å². The Morgan fingerprint density at radius 3 is 2.42 bits per heavy atom. The number of carbonyl (C=O) groups excluding carboxylic acids is 2. The van der Waals surface area contributed by atoms with Gasteiger partial charge in [0.05, 0.1) is 0 Å². The molecule has 0 aromatic heterocycles. The fraction of sp³-hybridized carbons (Fsp3) is 0.619. The molecule has 2 amide bonds. The third kappa shape index (κ3) is 4.25. The van der Waals surface area contributed by atoms with Gasteiger partial charge in [0, 0.05) is 19.0 Å². The van der Waals surface area contributed by atoms with E-state index in [1.54, 1.807) is 17.0 Å². The minimum absolute atomic E-state index is 0.00959. The van der Waals surface area contributed by atoms with Gasteiger partial charge in [0.1, 0.15) is 11.4 Å². The number of halogens is 1. The predicted molar refractivity (Wildman–Crippen MR) is 98.8 cm³/mol. The fourth-order valence-corrected chi connectivity index (χ4v) is 4.11. The Bertz CT molecular complexity index is 638. The van der Waals surface area contributed by atoms with Crippen LogP contribution in [0.1, 0.15) is 70.3 Å².